The first kappa shape index (κ1) is 17.9. The summed E-state index contributed by atoms with van der Waals surface area (Å²) in [5.74, 6) is 0. The number of hydrogen-bond acceptors (Lipinski definition) is 2. The Kier molecular flexibility index (Phi) is 16.8. The minimum Gasteiger partial charge on any atom is -0.379 e. The van der Waals surface area contributed by atoms with Crippen molar-refractivity contribution in [2.45, 2.75) is 71.1 Å². The van der Waals surface area contributed by atoms with Gasteiger partial charge in [0.2, 0.25) is 0 Å². The molecule has 0 aromatic heterocycles. The number of hydrogen-bond donors (Lipinski definition) is 0. The molecule has 0 rings (SSSR count). The largest absolute Gasteiger partial charge is 0.379 e. The van der Waals surface area contributed by atoms with Crippen molar-refractivity contribution in [2.75, 3.05) is 26.4 Å². The third-order valence-corrected chi connectivity index (χ3v) is 3.05. The van der Waals surface area contributed by atoms with Crippen LogP contribution in [0.4, 0.5) is 0 Å². The number of ether oxygens (including phenoxy) is 2. The molecule has 109 valence electrons. The van der Waals surface area contributed by atoms with Crippen LogP contribution in [-0.4, -0.2) is 26.4 Å². The van der Waals surface area contributed by atoms with Gasteiger partial charge in [0.15, 0.2) is 0 Å². The smallest absolute Gasteiger partial charge is 0.0700 e. The topological polar surface area (TPSA) is 18.5 Å². The lowest BCUT2D eigenvalue weighted by Crippen LogP contribution is -2.06. The fourth-order valence-corrected chi connectivity index (χ4v) is 1.83. The van der Waals surface area contributed by atoms with E-state index in [9.17, 15) is 0 Å². The molecular weight excluding hydrogens is 224 g/mol. The Bertz CT molecular complexity index is 121. The SMILES string of the molecule is [CH2]CCCCCCCCCOCCOCCCC. The fraction of sp³-hybridized carbons (Fsp3) is 0.938. The van der Waals surface area contributed by atoms with Crippen molar-refractivity contribution in [3.8, 4) is 0 Å². The summed E-state index contributed by atoms with van der Waals surface area (Å²) >= 11 is 0. The van der Waals surface area contributed by atoms with Crippen LogP contribution < -0.4 is 0 Å². The van der Waals surface area contributed by atoms with Crippen molar-refractivity contribution in [3.05, 3.63) is 6.92 Å². The molecule has 0 aliphatic rings. The molecule has 0 aromatic carbocycles. The average Bonchev–Trinajstić information content (AvgIpc) is 2.39. The molecule has 0 aliphatic carbocycles. The molecule has 0 amide bonds. The summed E-state index contributed by atoms with van der Waals surface area (Å²) in [6.07, 6.45) is 12.7. The van der Waals surface area contributed by atoms with E-state index >= 15 is 0 Å². The van der Waals surface area contributed by atoms with E-state index in [4.69, 9.17) is 9.47 Å². The van der Waals surface area contributed by atoms with Crippen LogP contribution in [0, 0.1) is 6.92 Å². The molecule has 0 atom stereocenters. The zero-order valence-electron chi connectivity index (χ0n) is 12.4. The van der Waals surface area contributed by atoms with Gasteiger partial charge in [0, 0.05) is 13.2 Å². The summed E-state index contributed by atoms with van der Waals surface area (Å²) in [4.78, 5) is 0. The summed E-state index contributed by atoms with van der Waals surface area (Å²) in [5, 5.41) is 0. The van der Waals surface area contributed by atoms with Gasteiger partial charge < -0.3 is 9.47 Å². The van der Waals surface area contributed by atoms with Crippen LogP contribution in [0.25, 0.3) is 0 Å². The third-order valence-electron chi connectivity index (χ3n) is 3.05. The van der Waals surface area contributed by atoms with E-state index < -0.39 is 0 Å². The van der Waals surface area contributed by atoms with Crippen molar-refractivity contribution in [3.63, 3.8) is 0 Å². The van der Waals surface area contributed by atoms with Crippen LogP contribution in [0.2, 0.25) is 0 Å². The molecule has 0 saturated carbocycles. The van der Waals surface area contributed by atoms with Gasteiger partial charge in [0.1, 0.15) is 0 Å². The highest BCUT2D eigenvalue weighted by Crippen LogP contribution is 2.08. The van der Waals surface area contributed by atoms with E-state index in [0.29, 0.717) is 0 Å². The maximum Gasteiger partial charge on any atom is 0.0700 e. The van der Waals surface area contributed by atoms with Crippen LogP contribution in [-0.2, 0) is 9.47 Å². The van der Waals surface area contributed by atoms with Crippen LogP contribution in [0.15, 0.2) is 0 Å². The Morgan fingerprint density at radius 1 is 0.611 bits per heavy atom. The zero-order chi connectivity index (χ0) is 13.3. The summed E-state index contributed by atoms with van der Waals surface area (Å²) in [7, 11) is 0. The first-order chi connectivity index (χ1) is 8.91. The van der Waals surface area contributed by atoms with E-state index in [1.807, 2.05) is 0 Å². The molecule has 0 N–H and O–H groups in total. The summed E-state index contributed by atoms with van der Waals surface area (Å²) < 4.78 is 11.0. The normalized spacial score (nSPS) is 11.0. The highest BCUT2D eigenvalue weighted by Gasteiger charge is 1.93. The standard InChI is InChI=1S/C16H33O2/c1-3-5-7-8-9-10-11-12-14-18-16-15-17-13-6-4-2/h1,3-16H2,2H3. The van der Waals surface area contributed by atoms with Gasteiger partial charge in [-0.05, 0) is 12.8 Å². The molecule has 0 saturated heterocycles. The van der Waals surface area contributed by atoms with Gasteiger partial charge in [-0.3, -0.25) is 0 Å². The van der Waals surface area contributed by atoms with Gasteiger partial charge in [0.25, 0.3) is 0 Å². The Hall–Kier alpha value is -0.0800. The van der Waals surface area contributed by atoms with Crippen molar-refractivity contribution in [2.24, 2.45) is 0 Å². The molecule has 2 heteroatoms. The molecule has 1 radical (unpaired) electrons. The van der Waals surface area contributed by atoms with Crippen LogP contribution in [0.3, 0.4) is 0 Å². The fourth-order valence-electron chi connectivity index (χ4n) is 1.83. The van der Waals surface area contributed by atoms with Gasteiger partial charge in [-0.25, -0.2) is 0 Å². The van der Waals surface area contributed by atoms with Crippen LogP contribution in [0.5, 0.6) is 0 Å². The monoisotopic (exact) mass is 257 g/mol. The predicted molar refractivity (Wildman–Crippen MR) is 78.8 cm³/mol. The quantitative estimate of drug-likeness (QED) is 0.393. The van der Waals surface area contributed by atoms with Crippen molar-refractivity contribution < 1.29 is 9.47 Å². The zero-order valence-corrected chi connectivity index (χ0v) is 12.4. The molecule has 0 unspecified atom stereocenters. The first-order valence-corrected chi connectivity index (χ1v) is 7.86. The summed E-state index contributed by atoms with van der Waals surface area (Å²) in [6.45, 7) is 9.33. The van der Waals surface area contributed by atoms with E-state index in [1.54, 1.807) is 0 Å². The predicted octanol–water partition coefficient (Wildman–Crippen LogP) is 4.77. The summed E-state index contributed by atoms with van der Waals surface area (Å²) in [5.41, 5.74) is 0. The second kappa shape index (κ2) is 16.9. The van der Waals surface area contributed by atoms with E-state index in [1.165, 1.54) is 51.4 Å². The van der Waals surface area contributed by atoms with E-state index in [-0.39, 0.29) is 0 Å². The van der Waals surface area contributed by atoms with Gasteiger partial charge in [0.05, 0.1) is 13.2 Å². The molecule has 0 heterocycles. The number of rotatable bonds is 15. The van der Waals surface area contributed by atoms with Gasteiger partial charge in [-0.1, -0.05) is 65.2 Å². The molecule has 18 heavy (non-hydrogen) atoms. The first-order valence-electron chi connectivity index (χ1n) is 7.86. The average molecular weight is 257 g/mol. The van der Waals surface area contributed by atoms with Crippen molar-refractivity contribution in [1.82, 2.24) is 0 Å². The number of unbranched alkanes of at least 4 members (excludes halogenated alkanes) is 8. The second-order valence-electron chi connectivity index (χ2n) is 4.91. The van der Waals surface area contributed by atoms with Crippen LogP contribution >= 0.6 is 0 Å². The molecule has 2 nitrogen and oxygen atoms in total. The van der Waals surface area contributed by atoms with Crippen molar-refractivity contribution in [1.29, 1.82) is 0 Å². The minimum absolute atomic E-state index is 0.755. The third kappa shape index (κ3) is 15.9. The summed E-state index contributed by atoms with van der Waals surface area (Å²) in [6, 6.07) is 0. The molecule has 0 fully saturated rings. The highest BCUT2D eigenvalue weighted by molar-refractivity contribution is 4.47. The Morgan fingerprint density at radius 3 is 1.67 bits per heavy atom. The molecule has 0 bridgehead atoms. The lowest BCUT2D eigenvalue weighted by atomic mass is 10.1. The minimum atomic E-state index is 0.755. The van der Waals surface area contributed by atoms with Crippen LogP contribution in [0.1, 0.15) is 71.1 Å². The van der Waals surface area contributed by atoms with Crippen molar-refractivity contribution >= 4 is 0 Å². The lowest BCUT2D eigenvalue weighted by molar-refractivity contribution is 0.0453. The molecule has 0 spiro atoms. The van der Waals surface area contributed by atoms with Gasteiger partial charge in [-0.2, -0.15) is 0 Å². The van der Waals surface area contributed by atoms with E-state index in [2.05, 4.69) is 13.8 Å². The molecular formula is C16H33O2. The Balaban J connectivity index is 2.86. The Labute approximate surface area is 114 Å². The highest BCUT2D eigenvalue weighted by atomic mass is 16.5. The van der Waals surface area contributed by atoms with E-state index in [0.717, 1.165) is 39.3 Å². The maximum atomic E-state index is 5.53. The van der Waals surface area contributed by atoms with Gasteiger partial charge >= 0.3 is 0 Å². The molecule has 0 aromatic rings. The maximum absolute atomic E-state index is 5.53. The molecule has 0 aliphatic heterocycles. The Morgan fingerprint density at radius 2 is 1.11 bits per heavy atom. The second-order valence-corrected chi connectivity index (χ2v) is 4.91. The van der Waals surface area contributed by atoms with Gasteiger partial charge in [-0.15, -0.1) is 0 Å². The lowest BCUT2D eigenvalue weighted by Gasteiger charge is -2.05.